The van der Waals surface area contributed by atoms with Gasteiger partial charge in [0.15, 0.2) is 12.4 Å². The van der Waals surface area contributed by atoms with Crippen molar-refractivity contribution in [1.82, 2.24) is 29.3 Å². The maximum absolute atomic E-state index is 12.5. The van der Waals surface area contributed by atoms with Crippen LogP contribution in [0.2, 0.25) is 5.02 Å². The van der Waals surface area contributed by atoms with Gasteiger partial charge in [-0.25, -0.2) is 9.36 Å². The summed E-state index contributed by atoms with van der Waals surface area (Å²) in [6, 6.07) is 10.8. The summed E-state index contributed by atoms with van der Waals surface area (Å²) in [7, 11) is 0. The van der Waals surface area contributed by atoms with Crippen molar-refractivity contribution >= 4 is 23.2 Å². The third kappa shape index (κ3) is 4.69. The number of benzene rings is 1. The van der Waals surface area contributed by atoms with Crippen molar-refractivity contribution < 1.29 is 9.53 Å². The molecule has 4 aromatic rings. The summed E-state index contributed by atoms with van der Waals surface area (Å²) >= 11 is 5.94. The molecule has 0 bridgehead atoms. The van der Waals surface area contributed by atoms with Crippen molar-refractivity contribution in [1.29, 1.82) is 0 Å². The molecule has 0 aliphatic heterocycles. The molecule has 3 aromatic heterocycles. The average molecular weight is 426 g/mol. The topological polar surface area (TPSA) is 91.8 Å². The summed E-state index contributed by atoms with van der Waals surface area (Å²) in [6.07, 6.45) is 4.97. The van der Waals surface area contributed by atoms with E-state index in [-0.39, 0.29) is 12.6 Å². The van der Waals surface area contributed by atoms with Crippen LogP contribution in [0.3, 0.4) is 0 Å². The summed E-state index contributed by atoms with van der Waals surface area (Å²) in [6.45, 7) is 4.54. The van der Waals surface area contributed by atoms with E-state index in [1.54, 1.807) is 58.3 Å². The molecule has 3 heterocycles. The maximum atomic E-state index is 12.5. The zero-order valence-electron chi connectivity index (χ0n) is 16.5. The van der Waals surface area contributed by atoms with Gasteiger partial charge >= 0.3 is 0 Å². The second-order valence-electron chi connectivity index (χ2n) is 6.76. The van der Waals surface area contributed by atoms with E-state index in [0.717, 1.165) is 11.4 Å². The standard InChI is InChI=1S/C20H20ClN7O2/c1-14-8-15(2)28(24-14)12-26-7-6-19(25-26)20(29)23-17-10-22-27(11-17)13-30-18-5-3-4-16(21)9-18/h3-11H,12-13H2,1-2H3,(H,23,29). The number of carbonyl (C=O) groups is 1. The Morgan fingerprint density at radius 3 is 2.80 bits per heavy atom. The SMILES string of the molecule is Cc1cc(C)n(Cn2ccc(C(=O)Nc3cnn(COc4cccc(Cl)c4)c3)n2)n1. The number of amides is 1. The highest BCUT2D eigenvalue weighted by Gasteiger charge is 2.12. The first kappa shape index (κ1) is 19.7. The number of anilines is 1. The van der Waals surface area contributed by atoms with E-state index >= 15 is 0 Å². The number of hydrogen-bond donors (Lipinski definition) is 1. The van der Waals surface area contributed by atoms with Crippen molar-refractivity contribution in [3.63, 3.8) is 0 Å². The van der Waals surface area contributed by atoms with Gasteiger partial charge in [0.25, 0.3) is 5.91 Å². The summed E-state index contributed by atoms with van der Waals surface area (Å²) in [5.41, 5.74) is 2.82. The summed E-state index contributed by atoms with van der Waals surface area (Å²) in [5.74, 6) is 0.314. The molecule has 1 N–H and O–H groups in total. The largest absolute Gasteiger partial charge is 0.471 e. The Hall–Kier alpha value is -3.59. The molecule has 0 radical (unpaired) electrons. The van der Waals surface area contributed by atoms with E-state index in [4.69, 9.17) is 16.3 Å². The zero-order chi connectivity index (χ0) is 21.1. The Kier molecular flexibility index (Phi) is 5.53. The molecule has 0 aliphatic rings. The molecule has 0 fully saturated rings. The van der Waals surface area contributed by atoms with E-state index in [9.17, 15) is 4.79 Å². The van der Waals surface area contributed by atoms with Crippen LogP contribution in [0.1, 0.15) is 21.9 Å². The monoisotopic (exact) mass is 425 g/mol. The summed E-state index contributed by atoms with van der Waals surface area (Å²) in [5, 5.41) is 16.3. The van der Waals surface area contributed by atoms with Gasteiger partial charge < -0.3 is 10.1 Å². The number of nitrogens with one attached hydrogen (secondary N) is 1. The molecule has 154 valence electrons. The molecule has 0 unspecified atom stereocenters. The van der Waals surface area contributed by atoms with Crippen LogP contribution in [0.25, 0.3) is 0 Å². The molecule has 30 heavy (non-hydrogen) atoms. The van der Waals surface area contributed by atoms with Crippen LogP contribution in [0.5, 0.6) is 5.75 Å². The highest BCUT2D eigenvalue weighted by Crippen LogP contribution is 2.17. The number of aromatic nitrogens is 6. The number of aryl methyl sites for hydroxylation is 2. The van der Waals surface area contributed by atoms with E-state index in [1.165, 1.54) is 0 Å². The predicted molar refractivity (Wildman–Crippen MR) is 112 cm³/mol. The van der Waals surface area contributed by atoms with E-state index in [2.05, 4.69) is 20.6 Å². The molecule has 4 rings (SSSR count). The third-order valence-corrected chi connectivity index (χ3v) is 4.54. The van der Waals surface area contributed by atoms with Gasteiger partial charge in [0.2, 0.25) is 0 Å². The molecule has 0 saturated heterocycles. The minimum absolute atomic E-state index is 0.188. The van der Waals surface area contributed by atoms with Gasteiger partial charge in [0.1, 0.15) is 12.4 Å². The molecule has 0 spiro atoms. The first-order chi connectivity index (χ1) is 14.5. The van der Waals surface area contributed by atoms with Gasteiger partial charge in [-0.2, -0.15) is 15.3 Å². The Balaban J connectivity index is 1.34. The van der Waals surface area contributed by atoms with Crippen molar-refractivity contribution in [3.05, 3.63) is 77.1 Å². The fourth-order valence-electron chi connectivity index (χ4n) is 2.91. The fourth-order valence-corrected chi connectivity index (χ4v) is 3.09. The van der Waals surface area contributed by atoms with Crippen LogP contribution in [-0.2, 0) is 13.4 Å². The molecule has 1 amide bonds. The molecule has 0 atom stereocenters. The van der Waals surface area contributed by atoms with Crippen LogP contribution < -0.4 is 10.1 Å². The van der Waals surface area contributed by atoms with E-state index in [0.29, 0.717) is 28.8 Å². The van der Waals surface area contributed by atoms with Gasteiger partial charge in [0.05, 0.1) is 23.8 Å². The highest BCUT2D eigenvalue weighted by atomic mass is 35.5. The van der Waals surface area contributed by atoms with Crippen molar-refractivity contribution in [3.8, 4) is 5.75 Å². The molecule has 1 aromatic carbocycles. The van der Waals surface area contributed by atoms with Gasteiger partial charge in [-0.05, 0) is 44.2 Å². The van der Waals surface area contributed by atoms with E-state index in [1.807, 2.05) is 24.6 Å². The summed E-state index contributed by atoms with van der Waals surface area (Å²) in [4.78, 5) is 12.5. The highest BCUT2D eigenvalue weighted by molar-refractivity contribution is 6.30. The number of hydrogen-bond acceptors (Lipinski definition) is 5. The van der Waals surface area contributed by atoms with Crippen molar-refractivity contribution in [2.24, 2.45) is 0 Å². The number of halogens is 1. The lowest BCUT2D eigenvalue weighted by atomic mass is 10.3. The number of rotatable bonds is 7. The number of nitrogens with zero attached hydrogens (tertiary/aromatic N) is 6. The molecule has 0 aliphatic carbocycles. The van der Waals surface area contributed by atoms with Gasteiger partial charge in [-0.3, -0.25) is 9.48 Å². The molecule has 10 heteroatoms. The van der Waals surface area contributed by atoms with Gasteiger partial charge in [-0.1, -0.05) is 17.7 Å². The Morgan fingerprint density at radius 2 is 2.03 bits per heavy atom. The van der Waals surface area contributed by atoms with Crippen LogP contribution in [0.4, 0.5) is 5.69 Å². The molecule has 0 saturated carbocycles. The van der Waals surface area contributed by atoms with Crippen LogP contribution in [0, 0.1) is 13.8 Å². The predicted octanol–water partition coefficient (Wildman–Crippen LogP) is 3.34. The normalized spacial score (nSPS) is 10.9. The Labute approximate surface area is 177 Å². The first-order valence-corrected chi connectivity index (χ1v) is 9.61. The minimum atomic E-state index is -0.322. The van der Waals surface area contributed by atoms with E-state index < -0.39 is 0 Å². The Morgan fingerprint density at radius 1 is 1.17 bits per heavy atom. The quantitative estimate of drug-likeness (QED) is 0.490. The average Bonchev–Trinajstić information content (AvgIpc) is 3.42. The van der Waals surface area contributed by atoms with Crippen LogP contribution in [-0.4, -0.2) is 35.2 Å². The Bertz CT molecular complexity index is 1180. The fraction of sp³-hybridized carbons (Fsp3) is 0.200. The molecule has 9 nitrogen and oxygen atoms in total. The number of ether oxygens (including phenoxy) is 1. The maximum Gasteiger partial charge on any atom is 0.276 e. The minimum Gasteiger partial charge on any atom is -0.471 e. The second-order valence-corrected chi connectivity index (χ2v) is 7.20. The van der Waals surface area contributed by atoms with Crippen molar-refractivity contribution in [2.45, 2.75) is 27.2 Å². The number of carbonyl (C=O) groups excluding carboxylic acids is 1. The molecular weight excluding hydrogens is 406 g/mol. The first-order valence-electron chi connectivity index (χ1n) is 9.23. The lowest BCUT2D eigenvalue weighted by molar-refractivity contribution is 0.102. The summed E-state index contributed by atoms with van der Waals surface area (Å²) < 4.78 is 10.7. The van der Waals surface area contributed by atoms with Gasteiger partial charge in [-0.15, -0.1) is 0 Å². The van der Waals surface area contributed by atoms with Crippen LogP contribution >= 0.6 is 11.6 Å². The molecular formula is C20H20ClN7O2. The van der Waals surface area contributed by atoms with Crippen LogP contribution in [0.15, 0.2) is 55.0 Å². The lowest BCUT2D eigenvalue weighted by Gasteiger charge is -2.06. The lowest BCUT2D eigenvalue weighted by Crippen LogP contribution is -2.15. The van der Waals surface area contributed by atoms with Gasteiger partial charge in [0, 0.05) is 16.9 Å². The second kappa shape index (κ2) is 8.42. The zero-order valence-corrected chi connectivity index (χ0v) is 17.2. The smallest absolute Gasteiger partial charge is 0.276 e. The van der Waals surface area contributed by atoms with Crippen molar-refractivity contribution in [2.75, 3.05) is 5.32 Å². The third-order valence-electron chi connectivity index (χ3n) is 4.31.